The molecule has 6 nitrogen and oxygen atoms in total. The molecular weight excluding hydrogens is 378 g/mol. The van der Waals surface area contributed by atoms with Crippen molar-refractivity contribution in [3.8, 4) is 0 Å². The number of esters is 1. The Hall–Kier alpha value is -2.02. The van der Waals surface area contributed by atoms with Crippen molar-refractivity contribution in [2.24, 2.45) is 0 Å². The number of carbonyl (C=O) groups is 3. The van der Waals surface area contributed by atoms with Gasteiger partial charge in [-0.3, -0.25) is 4.79 Å². The number of nitrogens with one attached hydrogen (secondary N) is 1. The predicted molar refractivity (Wildman–Crippen MR) is 112 cm³/mol. The molecule has 1 N–H and O–H groups in total. The summed E-state index contributed by atoms with van der Waals surface area (Å²) in [4.78, 5) is 35.5. The molecule has 28 heavy (non-hydrogen) atoms. The van der Waals surface area contributed by atoms with Gasteiger partial charge in [0.05, 0.1) is 5.56 Å². The number of ether oxygens (including phenoxy) is 2. The van der Waals surface area contributed by atoms with Gasteiger partial charge in [-0.05, 0) is 65.7 Å². The smallest absolute Gasteiger partial charge is 0.407 e. The van der Waals surface area contributed by atoms with Crippen LogP contribution in [-0.2, 0) is 20.7 Å². The molecule has 0 aromatic heterocycles. The van der Waals surface area contributed by atoms with E-state index in [2.05, 4.69) is 5.32 Å². The zero-order valence-corrected chi connectivity index (χ0v) is 18.6. The normalized spacial score (nSPS) is 12.8. The molecule has 0 saturated heterocycles. The topological polar surface area (TPSA) is 81.7 Å². The minimum atomic E-state index is -0.600. The van der Waals surface area contributed by atoms with Gasteiger partial charge in [-0.1, -0.05) is 23.9 Å². The summed E-state index contributed by atoms with van der Waals surface area (Å²) in [5.74, 6) is 0.0529. The Kier molecular flexibility index (Phi) is 8.54. The number of hydrogen-bond donors (Lipinski definition) is 1. The largest absolute Gasteiger partial charge is 0.456 e. The lowest BCUT2D eigenvalue weighted by Crippen LogP contribution is -2.41. The summed E-state index contributed by atoms with van der Waals surface area (Å²) in [6.07, 6.45) is -0.0132. The predicted octanol–water partition coefficient (Wildman–Crippen LogP) is 4.36. The summed E-state index contributed by atoms with van der Waals surface area (Å²) in [7, 11) is 0. The molecule has 1 aromatic carbocycles. The van der Waals surface area contributed by atoms with Gasteiger partial charge in [0.15, 0.2) is 5.12 Å². The lowest BCUT2D eigenvalue weighted by atomic mass is 10.0. The molecule has 0 fully saturated rings. The van der Waals surface area contributed by atoms with E-state index in [1.54, 1.807) is 32.9 Å². The van der Waals surface area contributed by atoms with Gasteiger partial charge in [-0.15, -0.1) is 0 Å². The molecule has 0 bridgehead atoms. The molecule has 1 aromatic rings. The molecule has 0 radical (unpaired) electrons. The van der Waals surface area contributed by atoms with Crippen molar-refractivity contribution in [2.75, 3.05) is 5.75 Å². The summed E-state index contributed by atoms with van der Waals surface area (Å²) >= 11 is 1.15. The fourth-order valence-corrected chi connectivity index (χ4v) is 2.88. The number of alkyl carbamates (subject to hydrolysis) is 1. The molecule has 156 valence electrons. The van der Waals surface area contributed by atoms with E-state index in [-0.39, 0.29) is 17.1 Å². The molecule has 0 aliphatic rings. The van der Waals surface area contributed by atoms with Crippen LogP contribution in [0.5, 0.6) is 0 Å². The second-order valence-electron chi connectivity index (χ2n) is 8.55. The van der Waals surface area contributed by atoms with Gasteiger partial charge < -0.3 is 14.8 Å². The van der Waals surface area contributed by atoms with Crippen molar-refractivity contribution in [1.29, 1.82) is 0 Å². The number of benzene rings is 1. The summed E-state index contributed by atoms with van der Waals surface area (Å²) < 4.78 is 10.7. The molecule has 0 saturated carbocycles. The molecule has 1 unspecified atom stereocenters. The second-order valence-corrected chi connectivity index (χ2v) is 9.75. The zero-order valence-electron chi connectivity index (χ0n) is 17.8. The van der Waals surface area contributed by atoms with Gasteiger partial charge in [0.1, 0.15) is 11.2 Å². The highest BCUT2D eigenvalue weighted by Crippen LogP contribution is 2.15. The molecule has 1 atom stereocenters. The number of carbonyl (C=O) groups excluding carboxylic acids is 3. The third-order valence-electron chi connectivity index (χ3n) is 3.28. The van der Waals surface area contributed by atoms with Crippen molar-refractivity contribution < 1.29 is 23.9 Å². The van der Waals surface area contributed by atoms with E-state index >= 15 is 0 Å². The van der Waals surface area contributed by atoms with E-state index in [1.807, 2.05) is 32.9 Å². The van der Waals surface area contributed by atoms with Crippen LogP contribution >= 0.6 is 11.8 Å². The third-order valence-corrected chi connectivity index (χ3v) is 4.25. The maximum absolute atomic E-state index is 12.1. The number of amides is 1. The van der Waals surface area contributed by atoms with Gasteiger partial charge in [0, 0.05) is 18.7 Å². The summed E-state index contributed by atoms with van der Waals surface area (Å²) in [6, 6.07) is 6.76. The number of rotatable bonds is 6. The Morgan fingerprint density at radius 1 is 0.964 bits per heavy atom. The Bertz CT molecular complexity index is 686. The highest BCUT2D eigenvalue weighted by molar-refractivity contribution is 8.13. The first-order valence-electron chi connectivity index (χ1n) is 9.20. The van der Waals surface area contributed by atoms with Crippen molar-refractivity contribution in [3.05, 3.63) is 35.4 Å². The van der Waals surface area contributed by atoms with Crippen LogP contribution in [0.4, 0.5) is 4.79 Å². The third kappa shape index (κ3) is 10.3. The van der Waals surface area contributed by atoms with Crippen molar-refractivity contribution in [1.82, 2.24) is 5.32 Å². The Labute approximate surface area is 171 Å². The number of hydrogen-bond acceptors (Lipinski definition) is 6. The van der Waals surface area contributed by atoms with E-state index in [0.29, 0.717) is 17.7 Å². The Morgan fingerprint density at radius 2 is 1.50 bits per heavy atom. The van der Waals surface area contributed by atoms with Gasteiger partial charge in [-0.25, -0.2) is 9.59 Å². The van der Waals surface area contributed by atoms with Crippen molar-refractivity contribution in [2.45, 2.75) is 72.1 Å². The fraction of sp³-hybridized carbons (Fsp3) is 0.571. The average molecular weight is 410 g/mol. The van der Waals surface area contributed by atoms with Crippen LogP contribution in [0.15, 0.2) is 24.3 Å². The maximum atomic E-state index is 12.1. The maximum Gasteiger partial charge on any atom is 0.407 e. The molecule has 0 aliphatic heterocycles. The first kappa shape index (κ1) is 24.0. The van der Waals surface area contributed by atoms with E-state index in [1.165, 1.54) is 6.92 Å². The molecule has 0 heterocycles. The molecule has 0 aliphatic carbocycles. The van der Waals surface area contributed by atoms with E-state index in [4.69, 9.17) is 9.47 Å². The van der Waals surface area contributed by atoms with Crippen LogP contribution in [0.2, 0.25) is 0 Å². The quantitative estimate of drug-likeness (QED) is 0.703. The molecule has 7 heteroatoms. The van der Waals surface area contributed by atoms with E-state index < -0.39 is 17.3 Å². The van der Waals surface area contributed by atoms with Crippen LogP contribution in [0.1, 0.15) is 64.4 Å². The highest BCUT2D eigenvalue weighted by Gasteiger charge is 2.21. The fourth-order valence-electron chi connectivity index (χ4n) is 2.24. The molecule has 1 rings (SSSR count). The van der Waals surface area contributed by atoms with E-state index in [0.717, 1.165) is 17.3 Å². The van der Waals surface area contributed by atoms with Gasteiger partial charge in [-0.2, -0.15) is 0 Å². The average Bonchev–Trinajstić information content (AvgIpc) is 2.49. The van der Waals surface area contributed by atoms with Gasteiger partial charge >= 0.3 is 12.1 Å². The first-order valence-corrected chi connectivity index (χ1v) is 10.2. The van der Waals surface area contributed by atoms with Gasteiger partial charge in [0.25, 0.3) is 0 Å². The Balaban J connectivity index is 2.80. The standard InChI is InChI=1S/C21H31NO5S/c1-14(23)28-13-17(22-19(25)27-21(5,6)7)12-15-8-10-16(11-9-15)18(24)26-20(2,3)4/h8-11,17H,12-13H2,1-7H3,(H,22,25). The van der Waals surface area contributed by atoms with Crippen molar-refractivity contribution >= 4 is 28.9 Å². The molecule has 1 amide bonds. The van der Waals surface area contributed by atoms with Crippen LogP contribution < -0.4 is 5.32 Å². The molecular formula is C21H31NO5S. The SMILES string of the molecule is CC(=O)SCC(Cc1ccc(C(=O)OC(C)(C)C)cc1)NC(=O)OC(C)(C)C. The first-order chi connectivity index (χ1) is 12.7. The molecule has 0 spiro atoms. The Morgan fingerprint density at radius 3 is 1.96 bits per heavy atom. The van der Waals surface area contributed by atoms with E-state index in [9.17, 15) is 14.4 Å². The highest BCUT2D eigenvalue weighted by atomic mass is 32.2. The lowest BCUT2D eigenvalue weighted by molar-refractivity contribution is -0.109. The summed E-state index contributed by atoms with van der Waals surface area (Å²) in [5.41, 5.74) is 0.241. The second kappa shape index (κ2) is 9.96. The lowest BCUT2D eigenvalue weighted by Gasteiger charge is -2.23. The minimum absolute atomic E-state index is 0.0173. The summed E-state index contributed by atoms with van der Waals surface area (Å²) in [6.45, 7) is 12.3. The van der Waals surface area contributed by atoms with Gasteiger partial charge in [0.2, 0.25) is 0 Å². The van der Waals surface area contributed by atoms with Crippen LogP contribution in [0, 0.1) is 0 Å². The monoisotopic (exact) mass is 409 g/mol. The van der Waals surface area contributed by atoms with Crippen LogP contribution in [0.3, 0.4) is 0 Å². The van der Waals surface area contributed by atoms with Crippen LogP contribution in [0.25, 0.3) is 0 Å². The zero-order chi connectivity index (χ0) is 21.5. The summed E-state index contributed by atoms with van der Waals surface area (Å²) in [5, 5.41) is 2.80. The van der Waals surface area contributed by atoms with Crippen LogP contribution in [-0.4, -0.2) is 40.2 Å². The number of thioether (sulfide) groups is 1. The van der Waals surface area contributed by atoms with Crippen molar-refractivity contribution in [3.63, 3.8) is 0 Å². The minimum Gasteiger partial charge on any atom is -0.456 e.